The number of fused-ring (bicyclic) bond motifs is 1. The van der Waals surface area contributed by atoms with Gasteiger partial charge in [0.1, 0.15) is 0 Å². The van der Waals surface area contributed by atoms with Crippen LogP contribution in [-0.2, 0) is 5.22 Å². The minimum Gasteiger partial charge on any atom is -0.845 e. The van der Waals surface area contributed by atoms with Gasteiger partial charge in [-0.15, -0.1) is 0 Å². The molecule has 0 aliphatic heterocycles. The van der Waals surface area contributed by atoms with E-state index in [1.807, 2.05) is 56.3 Å². The SMILES string of the molecule is CC1=C(C)C(O)([Si](C)(C)C2([O-])C=C(C(C)c3ccccc3)c3ccccc32)C(C)=C1C.[Li+]. The average Bonchev–Trinajstić information content (AvgIpc) is 3.17. The van der Waals surface area contributed by atoms with Crippen LogP contribution in [0.15, 0.2) is 83.0 Å². The van der Waals surface area contributed by atoms with Crippen molar-refractivity contribution in [2.45, 2.75) is 64.1 Å². The van der Waals surface area contributed by atoms with Gasteiger partial charge in [-0.05, 0) is 72.3 Å². The Kier molecular flexibility index (Phi) is 6.50. The molecule has 0 spiro atoms. The Hall–Kier alpha value is -1.61. The van der Waals surface area contributed by atoms with Gasteiger partial charge in [0.05, 0.1) is 13.3 Å². The van der Waals surface area contributed by atoms with Gasteiger partial charge >= 0.3 is 18.9 Å². The van der Waals surface area contributed by atoms with Crippen molar-refractivity contribution in [3.8, 4) is 0 Å². The van der Waals surface area contributed by atoms with E-state index < -0.39 is 18.5 Å². The molecule has 0 radical (unpaired) electrons. The summed E-state index contributed by atoms with van der Waals surface area (Å²) in [6.07, 6.45) is 1.96. The zero-order chi connectivity index (χ0) is 22.8. The molecule has 0 saturated heterocycles. The van der Waals surface area contributed by atoms with E-state index in [1.54, 1.807) is 0 Å². The fourth-order valence-corrected chi connectivity index (χ4v) is 10.0. The van der Waals surface area contributed by atoms with Crippen molar-refractivity contribution in [3.05, 3.63) is 99.7 Å². The Morgan fingerprint density at radius 3 is 1.91 bits per heavy atom. The summed E-state index contributed by atoms with van der Waals surface area (Å²) in [5, 5.41) is 24.6. The third-order valence-corrected chi connectivity index (χ3v) is 13.2. The van der Waals surface area contributed by atoms with Crippen molar-refractivity contribution >= 4 is 13.6 Å². The largest absolute Gasteiger partial charge is 1.00 e. The van der Waals surface area contributed by atoms with Crippen molar-refractivity contribution in [1.29, 1.82) is 0 Å². The van der Waals surface area contributed by atoms with E-state index in [0.717, 1.165) is 39.0 Å². The molecule has 0 saturated carbocycles. The first-order chi connectivity index (χ1) is 14.5. The summed E-state index contributed by atoms with van der Waals surface area (Å²) >= 11 is 0. The molecule has 0 aromatic heterocycles. The number of aliphatic hydroxyl groups is 1. The van der Waals surface area contributed by atoms with Gasteiger partial charge in [0.25, 0.3) is 0 Å². The second kappa shape index (κ2) is 8.31. The minimum absolute atomic E-state index is 0. The molecule has 0 fully saturated rings. The molecular weight excluding hydrogens is 403 g/mol. The van der Waals surface area contributed by atoms with E-state index in [-0.39, 0.29) is 24.8 Å². The predicted octanol–water partition coefficient (Wildman–Crippen LogP) is 2.65. The number of allylic oxidation sites excluding steroid dienone is 3. The number of benzene rings is 2. The monoisotopic (exact) mass is 436 g/mol. The number of hydrogen-bond donors (Lipinski definition) is 1. The molecule has 32 heavy (non-hydrogen) atoms. The summed E-state index contributed by atoms with van der Waals surface area (Å²) in [7, 11) is -2.93. The van der Waals surface area contributed by atoms with Crippen LogP contribution in [0, 0.1) is 0 Å². The summed E-state index contributed by atoms with van der Waals surface area (Å²) in [5.41, 5.74) is 8.28. The zero-order valence-electron chi connectivity index (χ0n) is 20.7. The molecule has 162 valence electrons. The van der Waals surface area contributed by atoms with Crippen LogP contribution in [0.2, 0.25) is 13.1 Å². The molecule has 2 nitrogen and oxygen atoms in total. The second-order valence-corrected chi connectivity index (χ2v) is 14.6. The van der Waals surface area contributed by atoms with Gasteiger partial charge < -0.3 is 10.2 Å². The van der Waals surface area contributed by atoms with Gasteiger partial charge in [0, 0.05) is 5.92 Å². The Bertz CT molecular complexity index is 1120. The number of rotatable bonds is 4. The van der Waals surface area contributed by atoms with Crippen LogP contribution in [-0.4, -0.2) is 18.4 Å². The fraction of sp³-hybridized carbons (Fsp3) is 0.357. The summed E-state index contributed by atoms with van der Waals surface area (Å²) in [5.74, 6) is 0.109. The van der Waals surface area contributed by atoms with Crippen LogP contribution in [0.5, 0.6) is 0 Å². The van der Waals surface area contributed by atoms with E-state index in [0.29, 0.717) is 0 Å². The van der Waals surface area contributed by atoms with Crippen LogP contribution < -0.4 is 24.0 Å². The maximum Gasteiger partial charge on any atom is 1.00 e. The molecule has 2 aliphatic carbocycles. The van der Waals surface area contributed by atoms with E-state index in [4.69, 9.17) is 0 Å². The standard InChI is InChI=1S/C28H33O2Si.Li/c1-18-19(2)22(5)28(30,21(18)4)31(6,7)27(29)17-25(24-15-11-12-16-26(24)27)20(3)23-13-9-8-10-14-23;/h8-17,20,30H,1-7H3;/q-1;+1. The van der Waals surface area contributed by atoms with Crippen molar-refractivity contribution in [1.82, 2.24) is 0 Å². The Balaban J connectivity index is 0.00000289. The summed E-state index contributed by atoms with van der Waals surface area (Å²) in [6, 6.07) is 18.4. The summed E-state index contributed by atoms with van der Waals surface area (Å²) in [6.45, 7) is 14.5. The quantitative estimate of drug-likeness (QED) is 0.749. The summed E-state index contributed by atoms with van der Waals surface area (Å²) in [4.78, 5) is 0. The number of hydrogen-bond acceptors (Lipinski definition) is 2. The molecular formula is C28H33LiO2Si. The predicted molar refractivity (Wildman–Crippen MR) is 130 cm³/mol. The third kappa shape index (κ3) is 3.14. The first-order valence-electron chi connectivity index (χ1n) is 11.1. The van der Waals surface area contributed by atoms with Gasteiger partial charge in [0.2, 0.25) is 0 Å². The van der Waals surface area contributed by atoms with Gasteiger partial charge in [-0.3, -0.25) is 0 Å². The van der Waals surface area contributed by atoms with Crippen LogP contribution in [0.1, 0.15) is 57.2 Å². The first-order valence-corrected chi connectivity index (χ1v) is 14.1. The van der Waals surface area contributed by atoms with Crippen molar-refractivity contribution in [3.63, 3.8) is 0 Å². The summed E-state index contributed by atoms with van der Waals surface area (Å²) < 4.78 is 0. The van der Waals surface area contributed by atoms with Gasteiger partial charge in [0.15, 0.2) is 0 Å². The molecule has 2 atom stereocenters. The molecule has 2 unspecified atom stereocenters. The Labute approximate surface area is 206 Å². The van der Waals surface area contributed by atoms with Gasteiger partial charge in [-0.2, -0.15) is 0 Å². The molecule has 0 heterocycles. The van der Waals surface area contributed by atoms with Crippen LogP contribution in [0.25, 0.3) is 5.57 Å². The Morgan fingerprint density at radius 2 is 1.34 bits per heavy atom. The van der Waals surface area contributed by atoms with Crippen LogP contribution in [0.4, 0.5) is 0 Å². The minimum atomic E-state index is -2.93. The van der Waals surface area contributed by atoms with Crippen LogP contribution in [0.3, 0.4) is 0 Å². The maximum absolute atomic E-state index is 15.0. The molecule has 2 aromatic rings. The normalized spacial score (nSPS) is 23.1. The smallest absolute Gasteiger partial charge is 0.845 e. The zero-order valence-corrected chi connectivity index (χ0v) is 21.7. The molecule has 4 rings (SSSR count). The van der Waals surface area contributed by atoms with Crippen molar-refractivity contribution in [2.75, 3.05) is 0 Å². The van der Waals surface area contributed by atoms with Crippen molar-refractivity contribution < 1.29 is 29.1 Å². The first kappa shape index (κ1) is 25.0. The molecule has 4 heteroatoms. The average molecular weight is 437 g/mol. The van der Waals surface area contributed by atoms with Gasteiger partial charge in [-0.1, -0.05) is 85.9 Å². The van der Waals surface area contributed by atoms with Crippen molar-refractivity contribution in [2.24, 2.45) is 0 Å². The molecule has 2 aliphatic rings. The third-order valence-electron chi connectivity index (χ3n) is 8.37. The van der Waals surface area contributed by atoms with E-state index in [1.165, 1.54) is 5.56 Å². The molecule has 1 N–H and O–H groups in total. The molecule has 0 bridgehead atoms. The van der Waals surface area contributed by atoms with E-state index in [9.17, 15) is 10.2 Å². The molecule has 0 amide bonds. The Morgan fingerprint density at radius 1 is 0.844 bits per heavy atom. The maximum atomic E-state index is 15.0. The fourth-order valence-electron chi connectivity index (χ4n) is 5.82. The topological polar surface area (TPSA) is 43.3 Å². The van der Waals surface area contributed by atoms with E-state index in [2.05, 4.69) is 52.1 Å². The van der Waals surface area contributed by atoms with Crippen LogP contribution >= 0.6 is 0 Å². The van der Waals surface area contributed by atoms with Gasteiger partial charge in [-0.25, -0.2) is 0 Å². The van der Waals surface area contributed by atoms with E-state index >= 15 is 0 Å². The second-order valence-electron chi connectivity index (χ2n) is 9.85. The molecule has 2 aromatic carbocycles.